The quantitative estimate of drug-likeness (QED) is 0.600. The molecule has 0 atom stereocenters. The molecular formula is C9H12N2O. The Hall–Kier alpha value is -1.38. The normalized spacial score (nSPS) is 9.25. The molecule has 0 saturated carbocycles. The van der Waals surface area contributed by atoms with E-state index in [1.54, 1.807) is 6.20 Å². The number of rotatable bonds is 0. The molecule has 0 bridgehead atoms. The van der Waals surface area contributed by atoms with E-state index in [-0.39, 0.29) is 0 Å². The molecule has 0 radical (unpaired) electrons. The summed E-state index contributed by atoms with van der Waals surface area (Å²) in [5.41, 5.74) is 1.62. The Morgan fingerprint density at radius 3 is 2.75 bits per heavy atom. The van der Waals surface area contributed by atoms with E-state index in [2.05, 4.69) is 9.97 Å². The van der Waals surface area contributed by atoms with Gasteiger partial charge in [-0.2, -0.15) is 0 Å². The Morgan fingerprint density at radius 1 is 1.33 bits per heavy atom. The van der Waals surface area contributed by atoms with Gasteiger partial charge < -0.3 is 4.42 Å². The highest BCUT2D eigenvalue weighted by Crippen LogP contribution is 2.13. The molecule has 3 nitrogen and oxygen atoms in total. The Bertz CT molecular complexity index is 321. The molecular weight excluding hydrogens is 152 g/mol. The topological polar surface area (TPSA) is 38.9 Å². The number of hydrogen-bond acceptors (Lipinski definition) is 3. The Kier molecular flexibility index (Phi) is 2.80. The van der Waals surface area contributed by atoms with E-state index < -0.39 is 0 Å². The summed E-state index contributed by atoms with van der Waals surface area (Å²) in [7, 11) is 0. The van der Waals surface area contributed by atoms with Crippen LogP contribution < -0.4 is 0 Å². The van der Waals surface area contributed by atoms with Crippen molar-refractivity contribution in [2.45, 2.75) is 20.8 Å². The van der Waals surface area contributed by atoms with Crippen LogP contribution in [0, 0.1) is 6.92 Å². The van der Waals surface area contributed by atoms with E-state index in [9.17, 15) is 0 Å². The van der Waals surface area contributed by atoms with Crippen LogP contribution >= 0.6 is 0 Å². The summed E-state index contributed by atoms with van der Waals surface area (Å²) in [6.45, 7) is 5.89. The van der Waals surface area contributed by atoms with Crippen LogP contribution in [0.15, 0.2) is 23.0 Å². The van der Waals surface area contributed by atoms with Crippen LogP contribution in [0.3, 0.4) is 0 Å². The van der Waals surface area contributed by atoms with E-state index in [1.807, 2.05) is 26.8 Å². The van der Waals surface area contributed by atoms with Crippen LogP contribution in [0.1, 0.15) is 19.6 Å². The molecule has 0 aliphatic rings. The van der Waals surface area contributed by atoms with Crippen molar-refractivity contribution < 1.29 is 4.42 Å². The predicted octanol–water partition coefficient (Wildman–Crippen LogP) is 2.56. The molecule has 0 fully saturated rings. The van der Waals surface area contributed by atoms with E-state index in [0.29, 0.717) is 0 Å². The average Bonchev–Trinajstić information content (AvgIpc) is 2.48. The van der Waals surface area contributed by atoms with Crippen molar-refractivity contribution in [3.8, 4) is 0 Å². The second-order valence-corrected chi connectivity index (χ2v) is 2.13. The van der Waals surface area contributed by atoms with E-state index in [0.717, 1.165) is 16.9 Å². The third-order valence-corrected chi connectivity index (χ3v) is 1.32. The zero-order valence-electron chi connectivity index (χ0n) is 7.53. The third kappa shape index (κ3) is 1.61. The first kappa shape index (κ1) is 8.71. The van der Waals surface area contributed by atoms with Crippen molar-refractivity contribution in [2.24, 2.45) is 0 Å². The standard InChI is InChI=1S/C7H6N2O.C2H6/c1-5-2-6-7(10-5)3-8-4-9-6;1-2/h2-4H,1H3;1-2H3. The van der Waals surface area contributed by atoms with Crippen molar-refractivity contribution in [2.75, 3.05) is 0 Å². The molecule has 2 heterocycles. The van der Waals surface area contributed by atoms with Gasteiger partial charge in [0.25, 0.3) is 0 Å². The molecule has 2 rings (SSSR count). The maximum Gasteiger partial charge on any atom is 0.170 e. The fourth-order valence-corrected chi connectivity index (χ4v) is 0.909. The summed E-state index contributed by atoms with van der Waals surface area (Å²) >= 11 is 0. The minimum atomic E-state index is 0.750. The second kappa shape index (κ2) is 3.85. The predicted molar refractivity (Wildman–Crippen MR) is 47.9 cm³/mol. The van der Waals surface area contributed by atoms with E-state index >= 15 is 0 Å². The van der Waals surface area contributed by atoms with Crippen molar-refractivity contribution >= 4 is 11.1 Å². The zero-order valence-corrected chi connectivity index (χ0v) is 7.53. The van der Waals surface area contributed by atoms with Gasteiger partial charge in [-0.15, -0.1) is 0 Å². The number of aromatic nitrogens is 2. The molecule has 0 spiro atoms. The summed E-state index contributed by atoms with van der Waals surface area (Å²) in [5.74, 6) is 0.871. The number of furan rings is 1. The average molecular weight is 164 g/mol. The van der Waals surface area contributed by atoms with Crippen molar-refractivity contribution in [1.29, 1.82) is 0 Å². The number of hydrogen-bond donors (Lipinski definition) is 0. The largest absolute Gasteiger partial charge is 0.458 e. The van der Waals surface area contributed by atoms with Gasteiger partial charge in [-0.05, 0) is 6.92 Å². The SMILES string of the molecule is CC.Cc1cc2ncncc2o1. The highest BCUT2D eigenvalue weighted by Gasteiger charge is 1.97. The van der Waals surface area contributed by atoms with Gasteiger partial charge in [0, 0.05) is 6.07 Å². The molecule has 2 aromatic heterocycles. The van der Waals surface area contributed by atoms with Crippen LogP contribution in [0.25, 0.3) is 11.1 Å². The molecule has 0 amide bonds. The Morgan fingerprint density at radius 2 is 2.08 bits per heavy atom. The maximum atomic E-state index is 5.24. The Balaban J connectivity index is 0.000000336. The first-order valence-corrected chi connectivity index (χ1v) is 4.02. The summed E-state index contributed by atoms with van der Waals surface area (Å²) in [4.78, 5) is 7.82. The lowest BCUT2D eigenvalue weighted by molar-refractivity contribution is 0.577. The van der Waals surface area contributed by atoms with Crippen molar-refractivity contribution in [3.05, 3.63) is 24.4 Å². The highest BCUT2D eigenvalue weighted by molar-refractivity contribution is 5.71. The van der Waals surface area contributed by atoms with Gasteiger partial charge in [0.15, 0.2) is 5.58 Å². The number of aryl methyl sites for hydroxylation is 1. The maximum absolute atomic E-state index is 5.24. The first-order chi connectivity index (χ1) is 5.86. The second-order valence-electron chi connectivity index (χ2n) is 2.13. The third-order valence-electron chi connectivity index (χ3n) is 1.32. The smallest absolute Gasteiger partial charge is 0.170 e. The minimum absolute atomic E-state index is 0.750. The molecule has 0 aromatic carbocycles. The lowest BCUT2D eigenvalue weighted by atomic mass is 10.4. The molecule has 2 aromatic rings. The lowest BCUT2D eigenvalue weighted by Crippen LogP contribution is -1.72. The van der Waals surface area contributed by atoms with Gasteiger partial charge in [-0.3, -0.25) is 0 Å². The minimum Gasteiger partial charge on any atom is -0.458 e. The molecule has 0 saturated heterocycles. The van der Waals surface area contributed by atoms with Crippen LogP contribution in [0.4, 0.5) is 0 Å². The molecule has 3 heteroatoms. The molecule has 0 N–H and O–H groups in total. The van der Waals surface area contributed by atoms with E-state index in [4.69, 9.17) is 4.42 Å². The van der Waals surface area contributed by atoms with Gasteiger partial charge in [-0.25, -0.2) is 9.97 Å². The number of fused-ring (bicyclic) bond motifs is 1. The van der Waals surface area contributed by atoms with Crippen molar-refractivity contribution in [1.82, 2.24) is 9.97 Å². The summed E-state index contributed by atoms with van der Waals surface area (Å²) < 4.78 is 5.24. The highest BCUT2D eigenvalue weighted by atomic mass is 16.3. The summed E-state index contributed by atoms with van der Waals surface area (Å²) in [5, 5.41) is 0. The van der Waals surface area contributed by atoms with E-state index in [1.165, 1.54) is 6.33 Å². The van der Waals surface area contributed by atoms with Crippen LogP contribution in [-0.2, 0) is 0 Å². The Labute approximate surface area is 71.4 Å². The summed E-state index contributed by atoms with van der Waals surface area (Å²) in [6, 6.07) is 1.89. The molecule has 0 aliphatic heterocycles. The van der Waals surface area contributed by atoms with Gasteiger partial charge in [-0.1, -0.05) is 13.8 Å². The van der Waals surface area contributed by atoms with Gasteiger partial charge in [0.05, 0.1) is 6.20 Å². The zero-order chi connectivity index (χ0) is 8.97. The van der Waals surface area contributed by atoms with Crippen LogP contribution in [0.5, 0.6) is 0 Å². The van der Waals surface area contributed by atoms with Gasteiger partial charge in [0.2, 0.25) is 0 Å². The lowest BCUT2D eigenvalue weighted by Gasteiger charge is -1.80. The fraction of sp³-hybridized carbons (Fsp3) is 0.333. The molecule has 0 unspecified atom stereocenters. The van der Waals surface area contributed by atoms with Crippen LogP contribution in [0.2, 0.25) is 0 Å². The van der Waals surface area contributed by atoms with Crippen molar-refractivity contribution in [3.63, 3.8) is 0 Å². The summed E-state index contributed by atoms with van der Waals surface area (Å²) in [6.07, 6.45) is 3.17. The monoisotopic (exact) mass is 164 g/mol. The first-order valence-electron chi connectivity index (χ1n) is 4.02. The van der Waals surface area contributed by atoms with Gasteiger partial charge >= 0.3 is 0 Å². The molecule has 12 heavy (non-hydrogen) atoms. The van der Waals surface area contributed by atoms with Gasteiger partial charge in [0.1, 0.15) is 17.6 Å². The van der Waals surface area contributed by atoms with Crippen LogP contribution in [-0.4, -0.2) is 9.97 Å². The molecule has 0 aliphatic carbocycles. The fourth-order valence-electron chi connectivity index (χ4n) is 0.909. The molecule has 64 valence electrons. The number of nitrogens with zero attached hydrogens (tertiary/aromatic N) is 2.